The van der Waals surface area contributed by atoms with Gasteiger partial charge in [0.15, 0.2) is 5.82 Å². The highest BCUT2D eigenvalue weighted by Crippen LogP contribution is 2.25. The second-order valence-electron chi connectivity index (χ2n) is 4.26. The first-order valence-electron chi connectivity index (χ1n) is 5.72. The topological polar surface area (TPSA) is 30.7 Å². The molecule has 2 heterocycles. The molecule has 0 aliphatic heterocycles. The Hall–Kier alpha value is -1.87. The Morgan fingerprint density at radius 2 is 1.83 bits per heavy atom. The molecule has 90 valence electrons. The van der Waals surface area contributed by atoms with Crippen LogP contribution in [0.2, 0.25) is 5.15 Å². The normalized spacial score (nSPS) is 11.1. The van der Waals surface area contributed by atoms with Crippen LogP contribution in [0.4, 0.5) is 0 Å². The molecule has 0 atom stereocenters. The standard InChI is InChI=1S/C14H12ClN3/c1-9-11-8-12(15)18(2)14(11)17-13(16-9)10-6-4-3-5-7-10/h3-8H,1-2H3. The number of hydrogen-bond acceptors (Lipinski definition) is 2. The van der Waals surface area contributed by atoms with Crippen LogP contribution in [0.5, 0.6) is 0 Å². The third-order valence-corrected chi connectivity index (χ3v) is 3.41. The van der Waals surface area contributed by atoms with Gasteiger partial charge in [0.2, 0.25) is 0 Å². The van der Waals surface area contributed by atoms with Crippen LogP contribution < -0.4 is 0 Å². The number of halogens is 1. The Labute approximate surface area is 110 Å². The Balaban J connectivity index is 2.30. The molecule has 0 aliphatic carbocycles. The summed E-state index contributed by atoms with van der Waals surface area (Å²) in [6, 6.07) is 11.9. The fraction of sp³-hybridized carbons (Fsp3) is 0.143. The van der Waals surface area contributed by atoms with Crippen molar-refractivity contribution in [1.82, 2.24) is 14.5 Å². The van der Waals surface area contributed by atoms with E-state index in [4.69, 9.17) is 11.6 Å². The molecule has 18 heavy (non-hydrogen) atoms. The molecule has 0 unspecified atom stereocenters. The molecule has 0 spiro atoms. The maximum absolute atomic E-state index is 6.12. The zero-order valence-electron chi connectivity index (χ0n) is 10.2. The summed E-state index contributed by atoms with van der Waals surface area (Å²) < 4.78 is 1.87. The molecule has 3 rings (SSSR count). The highest BCUT2D eigenvalue weighted by atomic mass is 35.5. The van der Waals surface area contributed by atoms with Gasteiger partial charge < -0.3 is 4.57 Å². The average molecular weight is 258 g/mol. The maximum atomic E-state index is 6.12. The predicted molar refractivity (Wildman–Crippen MR) is 73.7 cm³/mol. The lowest BCUT2D eigenvalue weighted by atomic mass is 10.2. The number of aryl methyl sites for hydroxylation is 2. The highest BCUT2D eigenvalue weighted by Gasteiger charge is 2.11. The molecule has 0 N–H and O–H groups in total. The van der Waals surface area contributed by atoms with E-state index in [0.29, 0.717) is 5.15 Å². The van der Waals surface area contributed by atoms with E-state index in [9.17, 15) is 0 Å². The predicted octanol–water partition coefficient (Wildman–Crippen LogP) is 3.60. The average Bonchev–Trinajstić information content (AvgIpc) is 2.68. The summed E-state index contributed by atoms with van der Waals surface area (Å²) in [6.45, 7) is 1.98. The molecule has 1 aromatic carbocycles. The quantitative estimate of drug-likeness (QED) is 0.667. The first kappa shape index (κ1) is 11.2. The van der Waals surface area contributed by atoms with Crippen LogP contribution in [-0.4, -0.2) is 14.5 Å². The smallest absolute Gasteiger partial charge is 0.161 e. The monoisotopic (exact) mass is 257 g/mol. The Kier molecular flexibility index (Phi) is 2.56. The van der Waals surface area contributed by atoms with Gasteiger partial charge in [0, 0.05) is 18.0 Å². The number of hydrogen-bond donors (Lipinski definition) is 0. The van der Waals surface area contributed by atoms with Crippen LogP contribution in [0, 0.1) is 6.92 Å². The van der Waals surface area contributed by atoms with E-state index in [2.05, 4.69) is 9.97 Å². The second-order valence-corrected chi connectivity index (χ2v) is 4.65. The Morgan fingerprint density at radius 1 is 1.11 bits per heavy atom. The number of aromatic nitrogens is 3. The van der Waals surface area contributed by atoms with Crippen molar-refractivity contribution in [3.63, 3.8) is 0 Å². The first-order valence-corrected chi connectivity index (χ1v) is 6.09. The molecule has 0 saturated heterocycles. The van der Waals surface area contributed by atoms with E-state index in [0.717, 1.165) is 28.1 Å². The Bertz CT molecular complexity index is 717. The van der Waals surface area contributed by atoms with Gasteiger partial charge in [-0.15, -0.1) is 0 Å². The summed E-state index contributed by atoms with van der Waals surface area (Å²) in [7, 11) is 1.91. The molecule has 3 nitrogen and oxygen atoms in total. The summed E-state index contributed by atoms with van der Waals surface area (Å²) in [6.07, 6.45) is 0. The zero-order chi connectivity index (χ0) is 12.7. The minimum atomic E-state index is 0.674. The summed E-state index contributed by atoms with van der Waals surface area (Å²) in [4.78, 5) is 9.14. The lowest BCUT2D eigenvalue weighted by Crippen LogP contribution is -1.96. The van der Waals surface area contributed by atoms with Crippen LogP contribution in [0.3, 0.4) is 0 Å². The highest BCUT2D eigenvalue weighted by molar-refractivity contribution is 6.30. The van der Waals surface area contributed by atoms with E-state index in [1.165, 1.54) is 0 Å². The van der Waals surface area contributed by atoms with Crippen molar-refractivity contribution in [3.8, 4) is 11.4 Å². The van der Waals surface area contributed by atoms with Gasteiger partial charge in [0.1, 0.15) is 10.8 Å². The van der Waals surface area contributed by atoms with Gasteiger partial charge in [-0.3, -0.25) is 0 Å². The Morgan fingerprint density at radius 3 is 2.56 bits per heavy atom. The fourth-order valence-corrected chi connectivity index (χ4v) is 2.21. The van der Waals surface area contributed by atoms with Crippen LogP contribution in [-0.2, 0) is 7.05 Å². The van der Waals surface area contributed by atoms with E-state index >= 15 is 0 Å². The molecule has 0 aliphatic rings. The van der Waals surface area contributed by atoms with Gasteiger partial charge >= 0.3 is 0 Å². The zero-order valence-corrected chi connectivity index (χ0v) is 10.9. The van der Waals surface area contributed by atoms with Crippen LogP contribution in [0.25, 0.3) is 22.4 Å². The van der Waals surface area contributed by atoms with E-state index in [-0.39, 0.29) is 0 Å². The molecular formula is C14H12ClN3. The van der Waals surface area contributed by atoms with Gasteiger partial charge in [-0.2, -0.15) is 0 Å². The van der Waals surface area contributed by atoms with Crippen molar-refractivity contribution in [2.75, 3.05) is 0 Å². The summed E-state index contributed by atoms with van der Waals surface area (Å²) in [5.74, 6) is 0.735. The lowest BCUT2D eigenvalue weighted by Gasteiger charge is -2.04. The van der Waals surface area contributed by atoms with E-state index < -0.39 is 0 Å². The van der Waals surface area contributed by atoms with Gasteiger partial charge in [0.05, 0.1) is 5.69 Å². The minimum absolute atomic E-state index is 0.674. The van der Waals surface area contributed by atoms with Gasteiger partial charge in [0.25, 0.3) is 0 Å². The third-order valence-electron chi connectivity index (χ3n) is 3.05. The summed E-state index contributed by atoms with van der Waals surface area (Å²) >= 11 is 6.12. The van der Waals surface area contributed by atoms with Gasteiger partial charge in [-0.1, -0.05) is 41.9 Å². The van der Waals surface area contributed by atoms with Gasteiger partial charge in [-0.25, -0.2) is 9.97 Å². The summed E-state index contributed by atoms with van der Waals surface area (Å²) in [5, 5.41) is 1.68. The molecule has 0 fully saturated rings. The molecule has 0 amide bonds. The number of rotatable bonds is 1. The molecular weight excluding hydrogens is 246 g/mol. The van der Waals surface area contributed by atoms with Crippen molar-refractivity contribution in [1.29, 1.82) is 0 Å². The van der Waals surface area contributed by atoms with Crippen molar-refractivity contribution < 1.29 is 0 Å². The fourth-order valence-electron chi connectivity index (χ4n) is 2.02. The molecule has 0 radical (unpaired) electrons. The lowest BCUT2D eigenvalue weighted by molar-refractivity contribution is 0.944. The van der Waals surface area contributed by atoms with E-state index in [1.54, 1.807) is 0 Å². The largest absolute Gasteiger partial charge is 0.319 e. The molecule has 0 bridgehead atoms. The SMILES string of the molecule is Cc1nc(-c2ccccc2)nc2c1cc(Cl)n2C. The first-order chi connectivity index (χ1) is 8.66. The molecule has 2 aromatic heterocycles. The minimum Gasteiger partial charge on any atom is -0.319 e. The number of benzene rings is 1. The van der Waals surface area contributed by atoms with Crippen molar-refractivity contribution in [2.45, 2.75) is 6.92 Å². The molecule has 0 saturated carbocycles. The van der Waals surface area contributed by atoms with Crippen molar-refractivity contribution in [3.05, 3.63) is 47.2 Å². The van der Waals surface area contributed by atoms with Crippen LogP contribution in [0.1, 0.15) is 5.69 Å². The molecule has 4 heteroatoms. The number of fused-ring (bicyclic) bond motifs is 1. The second kappa shape index (κ2) is 4.10. The third kappa shape index (κ3) is 1.68. The maximum Gasteiger partial charge on any atom is 0.161 e. The van der Waals surface area contributed by atoms with Crippen LogP contribution >= 0.6 is 11.6 Å². The molecule has 3 aromatic rings. The number of nitrogens with zero attached hydrogens (tertiary/aromatic N) is 3. The van der Waals surface area contributed by atoms with Crippen LogP contribution in [0.15, 0.2) is 36.4 Å². The van der Waals surface area contributed by atoms with Gasteiger partial charge in [-0.05, 0) is 13.0 Å². The van der Waals surface area contributed by atoms with Crippen molar-refractivity contribution >= 4 is 22.6 Å². The van der Waals surface area contributed by atoms with E-state index in [1.807, 2.05) is 54.9 Å². The van der Waals surface area contributed by atoms with Crippen molar-refractivity contribution in [2.24, 2.45) is 7.05 Å². The summed E-state index contributed by atoms with van der Waals surface area (Å²) in [5.41, 5.74) is 2.83.